The second kappa shape index (κ2) is 4.20. The van der Waals surface area contributed by atoms with Crippen molar-refractivity contribution < 1.29 is 9.59 Å². The molecule has 1 aliphatic rings. The van der Waals surface area contributed by atoms with Gasteiger partial charge in [0.1, 0.15) is 5.69 Å². The van der Waals surface area contributed by atoms with Gasteiger partial charge in [0, 0.05) is 18.9 Å². The SMILES string of the molecule is CNc1cccc(N2C(=O)c3cccnc3C2=O)c1. The third-order valence-corrected chi connectivity index (χ3v) is 3.04. The first-order valence-corrected chi connectivity index (χ1v) is 5.84. The molecule has 0 atom stereocenters. The lowest BCUT2D eigenvalue weighted by molar-refractivity contribution is 0.0925. The number of aromatic nitrogens is 1. The Morgan fingerprint density at radius 1 is 1.11 bits per heavy atom. The fraction of sp³-hybridized carbons (Fsp3) is 0.0714. The first-order chi connectivity index (χ1) is 9.22. The van der Waals surface area contributed by atoms with Gasteiger partial charge in [-0.2, -0.15) is 0 Å². The summed E-state index contributed by atoms with van der Waals surface area (Å²) in [6.45, 7) is 0. The van der Waals surface area contributed by atoms with Crippen molar-refractivity contribution in [2.24, 2.45) is 0 Å². The molecule has 0 aliphatic carbocycles. The molecular weight excluding hydrogens is 242 g/mol. The van der Waals surface area contributed by atoms with Crippen molar-refractivity contribution in [2.45, 2.75) is 0 Å². The molecule has 1 N–H and O–H groups in total. The molecule has 0 radical (unpaired) electrons. The molecule has 5 heteroatoms. The van der Waals surface area contributed by atoms with Gasteiger partial charge in [-0.1, -0.05) is 6.07 Å². The second-order valence-corrected chi connectivity index (χ2v) is 4.15. The number of anilines is 2. The number of nitrogens with zero attached hydrogens (tertiary/aromatic N) is 2. The molecule has 94 valence electrons. The summed E-state index contributed by atoms with van der Waals surface area (Å²) in [5.41, 5.74) is 1.94. The van der Waals surface area contributed by atoms with Gasteiger partial charge in [0.25, 0.3) is 11.8 Å². The molecule has 5 nitrogen and oxygen atoms in total. The number of benzene rings is 1. The van der Waals surface area contributed by atoms with Crippen LogP contribution in [0.25, 0.3) is 0 Å². The lowest BCUT2D eigenvalue weighted by Crippen LogP contribution is -2.29. The standard InChI is InChI=1S/C14H11N3O2/c1-15-9-4-2-5-10(8-9)17-13(18)11-6-3-7-16-12(11)14(17)19/h2-8,15H,1H3. The number of carbonyl (C=O) groups excluding carboxylic acids is 2. The molecule has 0 saturated carbocycles. The Bertz CT molecular complexity index is 647. The highest BCUT2D eigenvalue weighted by molar-refractivity contribution is 6.33. The Hall–Kier alpha value is -2.69. The third-order valence-electron chi connectivity index (χ3n) is 3.04. The van der Waals surface area contributed by atoms with E-state index < -0.39 is 0 Å². The second-order valence-electron chi connectivity index (χ2n) is 4.15. The third kappa shape index (κ3) is 1.67. The number of imide groups is 1. The zero-order valence-electron chi connectivity index (χ0n) is 10.3. The van der Waals surface area contributed by atoms with Crippen LogP contribution >= 0.6 is 0 Å². The number of fused-ring (bicyclic) bond motifs is 1. The average Bonchev–Trinajstić information content (AvgIpc) is 2.72. The molecule has 2 aromatic rings. The minimum atomic E-state index is -0.381. The summed E-state index contributed by atoms with van der Waals surface area (Å²) in [6.07, 6.45) is 1.51. The van der Waals surface area contributed by atoms with E-state index in [0.29, 0.717) is 11.3 Å². The Labute approximate surface area is 109 Å². The maximum Gasteiger partial charge on any atom is 0.284 e. The number of nitrogens with one attached hydrogen (secondary N) is 1. The van der Waals surface area contributed by atoms with Crippen LogP contribution in [-0.2, 0) is 0 Å². The Morgan fingerprint density at radius 2 is 1.95 bits per heavy atom. The van der Waals surface area contributed by atoms with E-state index in [0.717, 1.165) is 10.6 Å². The van der Waals surface area contributed by atoms with E-state index in [-0.39, 0.29) is 17.5 Å². The van der Waals surface area contributed by atoms with Crippen molar-refractivity contribution in [3.8, 4) is 0 Å². The van der Waals surface area contributed by atoms with E-state index >= 15 is 0 Å². The van der Waals surface area contributed by atoms with Gasteiger partial charge in [-0.25, -0.2) is 4.90 Å². The summed E-state index contributed by atoms with van der Waals surface area (Å²) in [7, 11) is 1.78. The first kappa shape index (κ1) is 11.4. The summed E-state index contributed by atoms with van der Waals surface area (Å²) < 4.78 is 0. The summed E-state index contributed by atoms with van der Waals surface area (Å²) >= 11 is 0. The monoisotopic (exact) mass is 253 g/mol. The number of hydrogen-bond acceptors (Lipinski definition) is 4. The average molecular weight is 253 g/mol. The first-order valence-electron chi connectivity index (χ1n) is 5.84. The van der Waals surface area contributed by atoms with E-state index in [1.54, 1.807) is 37.4 Å². The summed E-state index contributed by atoms with van der Waals surface area (Å²) in [4.78, 5) is 29.6. The Balaban J connectivity index is 2.08. The van der Waals surface area contributed by atoms with Crippen molar-refractivity contribution in [1.29, 1.82) is 0 Å². The molecule has 3 rings (SSSR count). The summed E-state index contributed by atoms with van der Waals surface area (Å²) in [6, 6.07) is 10.4. The maximum absolute atomic E-state index is 12.3. The topological polar surface area (TPSA) is 62.3 Å². The van der Waals surface area contributed by atoms with Gasteiger partial charge < -0.3 is 5.32 Å². The van der Waals surface area contributed by atoms with Crippen LogP contribution in [-0.4, -0.2) is 23.8 Å². The number of pyridine rings is 1. The fourth-order valence-electron chi connectivity index (χ4n) is 2.10. The zero-order valence-corrected chi connectivity index (χ0v) is 10.3. The van der Waals surface area contributed by atoms with Crippen LogP contribution in [0.4, 0.5) is 11.4 Å². The van der Waals surface area contributed by atoms with Crippen LogP contribution in [0.15, 0.2) is 42.6 Å². The fourth-order valence-corrected chi connectivity index (χ4v) is 2.10. The molecular formula is C14H11N3O2. The number of rotatable bonds is 2. The van der Waals surface area contributed by atoms with E-state index in [1.807, 2.05) is 6.07 Å². The minimum Gasteiger partial charge on any atom is -0.388 e. The predicted octanol–water partition coefficient (Wildman–Crippen LogP) is 1.92. The predicted molar refractivity (Wildman–Crippen MR) is 71.4 cm³/mol. The number of amides is 2. The smallest absolute Gasteiger partial charge is 0.284 e. The molecule has 2 heterocycles. The molecule has 0 fully saturated rings. The highest BCUT2D eigenvalue weighted by Crippen LogP contribution is 2.28. The van der Waals surface area contributed by atoms with Crippen molar-refractivity contribution in [2.75, 3.05) is 17.3 Å². The quantitative estimate of drug-likeness (QED) is 0.831. The van der Waals surface area contributed by atoms with Gasteiger partial charge in [0.2, 0.25) is 0 Å². The lowest BCUT2D eigenvalue weighted by Gasteiger charge is -2.14. The van der Waals surface area contributed by atoms with Crippen LogP contribution in [0.5, 0.6) is 0 Å². The van der Waals surface area contributed by atoms with Crippen LogP contribution < -0.4 is 10.2 Å². The van der Waals surface area contributed by atoms with Crippen LogP contribution in [0, 0.1) is 0 Å². The molecule has 0 bridgehead atoms. The summed E-state index contributed by atoms with van der Waals surface area (Å²) in [5.74, 6) is -0.713. The minimum absolute atomic E-state index is 0.211. The Morgan fingerprint density at radius 3 is 2.68 bits per heavy atom. The molecule has 1 aromatic heterocycles. The van der Waals surface area contributed by atoms with Crippen molar-refractivity contribution in [1.82, 2.24) is 4.98 Å². The zero-order chi connectivity index (χ0) is 13.4. The van der Waals surface area contributed by atoms with Gasteiger partial charge in [-0.15, -0.1) is 0 Å². The largest absolute Gasteiger partial charge is 0.388 e. The Kier molecular flexibility index (Phi) is 2.52. The number of hydrogen-bond donors (Lipinski definition) is 1. The normalized spacial score (nSPS) is 13.6. The molecule has 1 aromatic carbocycles. The van der Waals surface area contributed by atoms with Crippen molar-refractivity contribution in [3.05, 3.63) is 53.9 Å². The van der Waals surface area contributed by atoms with Crippen LogP contribution in [0.1, 0.15) is 20.8 Å². The number of carbonyl (C=O) groups is 2. The molecule has 0 spiro atoms. The highest BCUT2D eigenvalue weighted by Gasteiger charge is 2.37. The van der Waals surface area contributed by atoms with E-state index in [2.05, 4.69) is 10.3 Å². The van der Waals surface area contributed by atoms with Gasteiger partial charge in [-0.05, 0) is 30.3 Å². The molecule has 2 amide bonds. The summed E-state index contributed by atoms with van der Waals surface area (Å²) in [5, 5.41) is 2.98. The molecule has 1 aliphatic heterocycles. The molecule has 19 heavy (non-hydrogen) atoms. The molecule has 0 saturated heterocycles. The van der Waals surface area contributed by atoms with Gasteiger partial charge >= 0.3 is 0 Å². The van der Waals surface area contributed by atoms with Gasteiger partial charge in [-0.3, -0.25) is 14.6 Å². The van der Waals surface area contributed by atoms with Crippen molar-refractivity contribution in [3.63, 3.8) is 0 Å². The lowest BCUT2D eigenvalue weighted by atomic mass is 10.2. The van der Waals surface area contributed by atoms with Crippen LogP contribution in [0.3, 0.4) is 0 Å². The van der Waals surface area contributed by atoms with E-state index in [4.69, 9.17) is 0 Å². The van der Waals surface area contributed by atoms with Crippen LogP contribution in [0.2, 0.25) is 0 Å². The van der Waals surface area contributed by atoms with Crippen molar-refractivity contribution >= 4 is 23.2 Å². The van der Waals surface area contributed by atoms with Gasteiger partial charge in [0.05, 0.1) is 11.3 Å². The molecule has 0 unspecified atom stereocenters. The maximum atomic E-state index is 12.3. The van der Waals surface area contributed by atoms with E-state index in [1.165, 1.54) is 6.20 Å². The van der Waals surface area contributed by atoms with Gasteiger partial charge in [0.15, 0.2) is 0 Å². The highest BCUT2D eigenvalue weighted by atomic mass is 16.2. The van der Waals surface area contributed by atoms with E-state index in [9.17, 15) is 9.59 Å².